The molecule has 40 heavy (non-hydrogen) atoms. The van der Waals surface area contributed by atoms with E-state index in [4.69, 9.17) is 4.98 Å². The van der Waals surface area contributed by atoms with Crippen LogP contribution in [0.3, 0.4) is 0 Å². The third-order valence-electron chi connectivity index (χ3n) is 8.02. The molecule has 0 spiro atoms. The maximum atomic E-state index is 13.2. The second-order valence-electron chi connectivity index (χ2n) is 12.4. The molecule has 2 aromatic rings. The van der Waals surface area contributed by atoms with E-state index in [-0.39, 0.29) is 11.3 Å². The number of benzene rings is 1. The predicted octanol–water partition coefficient (Wildman–Crippen LogP) is 9.31. The number of likely N-dealkylation sites (N-methyl/N-ethyl adjacent to an activating group) is 1. The molecular formula is C34H52N4OS. The van der Waals surface area contributed by atoms with E-state index in [0.717, 1.165) is 40.1 Å². The Kier molecular flexibility index (Phi) is 12.0. The second-order valence-corrected chi connectivity index (χ2v) is 13.4. The highest BCUT2D eigenvalue weighted by Crippen LogP contribution is 2.38. The van der Waals surface area contributed by atoms with Crippen LogP contribution in [0.5, 0.6) is 0 Å². The minimum absolute atomic E-state index is 0.0491. The molecule has 0 radical (unpaired) electrons. The topological polar surface area (TPSA) is 48.8 Å². The number of anilines is 1. The maximum Gasteiger partial charge on any atom is 0.275 e. The van der Waals surface area contributed by atoms with Crippen LogP contribution in [0.15, 0.2) is 41.0 Å². The van der Waals surface area contributed by atoms with Crippen LogP contribution in [0, 0.1) is 17.3 Å². The summed E-state index contributed by atoms with van der Waals surface area (Å²) >= 11 is 1.73. The van der Waals surface area contributed by atoms with Gasteiger partial charge in [0.2, 0.25) is 0 Å². The molecule has 1 amide bonds. The van der Waals surface area contributed by atoms with Crippen molar-refractivity contribution in [3.05, 3.63) is 40.8 Å². The number of carbonyl (C=O) groups excluding carboxylic acids is 1. The van der Waals surface area contributed by atoms with E-state index in [0.29, 0.717) is 17.4 Å². The molecule has 0 N–H and O–H groups in total. The Morgan fingerprint density at radius 3 is 2.02 bits per heavy atom. The van der Waals surface area contributed by atoms with Crippen LogP contribution in [-0.4, -0.2) is 41.7 Å². The molecular weight excluding hydrogens is 512 g/mol. The number of hydrogen-bond donors (Lipinski definition) is 0. The summed E-state index contributed by atoms with van der Waals surface area (Å²) in [6.07, 6.45) is 12.0. The summed E-state index contributed by atoms with van der Waals surface area (Å²) in [4.78, 5) is 22.2. The van der Waals surface area contributed by atoms with Crippen LogP contribution >= 0.6 is 11.3 Å². The number of hydrogen-bond acceptors (Lipinski definition) is 5. The van der Waals surface area contributed by atoms with Gasteiger partial charge in [0, 0.05) is 31.1 Å². The normalized spacial score (nSPS) is 16.5. The third-order valence-corrected chi connectivity index (χ3v) is 9.08. The minimum atomic E-state index is -0.236. The summed E-state index contributed by atoms with van der Waals surface area (Å²) in [5, 5.41) is 7.17. The Balaban J connectivity index is 2.11. The SMILES string of the molecule is CCCCC(CC)CN(CC(CC)CCCC)c1nc(-c2ccccc2)c(/C=C2\C(=O)N(C)N=C2C(C)(C)C)s1. The Bertz CT molecular complexity index is 1130. The number of nitrogens with zero attached hydrogens (tertiary/aromatic N) is 4. The van der Waals surface area contributed by atoms with Gasteiger partial charge in [-0.05, 0) is 30.8 Å². The van der Waals surface area contributed by atoms with Gasteiger partial charge in [-0.2, -0.15) is 5.10 Å². The van der Waals surface area contributed by atoms with Gasteiger partial charge in [-0.15, -0.1) is 0 Å². The zero-order valence-electron chi connectivity index (χ0n) is 26.3. The lowest BCUT2D eigenvalue weighted by Gasteiger charge is -2.30. The summed E-state index contributed by atoms with van der Waals surface area (Å²) in [6, 6.07) is 10.4. The molecule has 1 aliphatic heterocycles. The Labute approximate surface area is 247 Å². The molecule has 0 aliphatic carbocycles. The Morgan fingerprint density at radius 1 is 0.950 bits per heavy atom. The van der Waals surface area contributed by atoms with Crippen LogP contribution in [0.25, 0.3) is 17.3 Å². The molecule has 1 aromatic carbocycles. The van der Waals surface area contributed by atoms with Crippen molar-refractivity contribution in [3.8, 4) is 11.3 Å². The van der Waals surface area contributed by atoms with Gasteiger partial charge in [-0.25, -0.2) is 9.99 Å². The van der Waals surface area contributed by atoms with Crippen molar-refractivity contribution in [2.45, 2.75) is 99.8 Å². The van der Waals surface area contributed by atoms with Gasteiger partial charge in [0.15, 0.2) is 5.13 Å². The van der Waals surface area contributed by atoms with Crippen LogP contribution in [0.2, 0.25) is 0 Å². The number of unbranched alkanes of at least 4 members (excludes halogenated alkanes) is 2. The van der Waals surface area contributed by atoms with Crippen LogP contribution in [0.4, 0.5) is 5.13 Å². The fourth-order valence-corrected chi connectivity index (χ4v) is 6.43. The predicted molar refractivity (Wildman–Crippen MR) is 174 cm³/mol. The van der Waals surface area contributed by atoms with Crippen molar-refractivity contribution in [2.75, 3.05) is 25.0 Å². The van der Waals surface area contributed by atoms with Gasteiger partial charge in [0.25, 0.3) is 5.91 Å². The average Bonchev–Trinajstić information content (AvgIpc) is 3.49. The zero-order chi connectivity index (χ0) is 29.3. The molecule has 5 nitrogen and oxygen atoms in total. The van der Waals surface area contributed by atoms with Crippen molar-refractivity contribution in [2.24, 2.45) is 22.4 Å². The van der Waals surface area contributed by atoms with Crippen molar-refractivity contribution in [1.82, 2.24) is 9.99 Å². The smallest absolute Gasteiger partial charge is 0.275 e. The Morgan fingerprint density at radius 2 is 1.52 bits per heavy atom. The molecule has 220 valence electrons. The first-order valence-corrected chi connectivity index (χ1v) is 16.3. The minimum Gasteiger partial charge on any atom is -0.348 e. The monoisotopic (exact) mass is 564 g/mol. The van der Waals surface area contributed by atoms with Crippen molar-refractivity contribution in [1.29, 1.82) is 0 Å². The fraction of sp³-hybridized carbons (Fsp3) is 0.618. The maximum absolute atomic E-state index is 13.2. The number of thiazole rings is 1. The van der Waals surface area contributed by atoms with Gasteiger partial charge in [-0.1, -0.05) is 129 Å². The number of rotatable bonds is 15. The highest BCUT2D eigenvalue weighted by molar-refractivity contribution is 7.17. The van der Waals surface area contributed by atoms with Crippen molar-refractivity contribution >= 4 is 34.2 Å². The number of carbonyl (C=O) groups is 1. The average molecular weight is 565 g/mol. The van der Waals surface area contributed by atoms with Crippen molar-refractivity contribution in [3.63, 3.8) is 0 Å². The summed E-state index contributed by atoms with van der Waals surface area (Å²) in [6.45, 7) is 17.6. The Hall–Kier alpha value is -2.47. The molecule has 1 aromatic heterocycles. The summed E-state index contributed by atoms with van der Waals surface area (Å²) in [5.74, 6) is 1.25. The van der Waals surface area contributed by atoms with Gasteiger partial charge < -0.3 is 4.90 Å². The molecule has 3 rings (SSSR count). The highest BCUT2D eigenvalue weighted by atomic mass is 32.1. The number of aromatic nitrogens is 1. The van der Waals surface area contributed by atoms with Gasteiger partial charge in [-0.3, -0.25) is 4.79 Å². The van der Waals surface area contributed by atoms with E-state index in [1.165, 1.54) is 56.4 Å². The van der Waals surface area contributed by atoms with E-state index in [1.54, 1.807) is 18.4 Å². The molecule has 6 heteroatoms. The lowest BCUT2D eigenvalue weighted by molar-refractivity contribution is -0.124. The van der Waals surface area contributed by atoms with E-state index >= 15 is 0 Å². The molecule has 2 unspecified atom stereocenters. The second kappa shape index (κ2) is 15.0. The molecule has 0 saturated carbocycles. The molecule has 0 fully saturated rings. The first-order valence-electron chi connectivity index (χ1n) is 15.5. The van der Waals surface area contributed by atoms with Crippen LogP contribution in [-0.2, 0) is 4.79 Å². The molecule has 1 aliphatic rings. The summed E-state index contributed by atoms with van der Waals surface area (Å²) < 4.78 is 0. The van der Waals surface area contributed by atoms with E-state index in [2.05, 4.69) is 88.8 Å². The number of hydrazone groups is 1. The molecule has 0 bridgehead atoms. The lowest BCUT2D eigenvalue weighted by Crippen LogP contribution is -2.34. The fourth-order valence-electron chi connectivity index (χ4n) is 5.38. The van der Waals surface area contributed by atoms with E-state index in [1.807, 2.05) is 6.07 Å². The third kappa shape index (κ3) is 8.28. The zero-order valence-corrected chi connectivity index (χ0v) is 27.1. The van der Waals surface area contributed by atoms with E-state index < -0.39 is 0 Å². The quantitative estimate of drug-likeness (QED) is 0.203. The molecule has 2 heterocycles. The summed E-state index contributed by atoms with van der Waals surface area (Å²) in [5.41, 5.74) is 3.32. The van der Waals surface area contributed by atoms with Crippen LogP contribution in [0.1, 0.15) is 105 Å². The lowest BCUT2D eigenvalue weighted by atomic mass is 9.85. The summed E-state index contributed by atoms with van der Waals surface area (Å²) in [7, 11) is 1.75. The first kappa shape index (κ1) is 32.0. The molecule has 2 atom stereocenters. The first-order chi connectivity index (χ1) is 19.1. The van der Waals surface area contributed by atoms with E-state index in [9.17, 15) is 4.79 Å². The van der Waals surface area contributed by atoms with Gasteiger partial charge in [0.1, 0.15) is 0 Å². The standard InChI is InChI=1S/C34H52N4OS/c1-9-13-18-25(11-3)23-38(24-26(12-4)19-14-10-2)33-35-30(27-20-16-15-17-21-27)29(40-33)22-28-31(34(5,6)7)36-37(8)32(28)39/h15-17,20-22,25-26H,9-14,18-19,23-24H2,1-8H3/b28-22-. The largest absolute Gasteiger partial charge is 0.348 e. The van der Waals surface area contributed by atoms with Crippen molar-refractivity contribution < 1.29 is 4.79 Å². The van der Waals surface area contributed by atoms with Crippen LogP contribution < -0.4 is 4.90 Å². The number of amides is 1. The molecule has 0 saturated heterocycles. The highest BCUT2D eigenvalue weighted by Gasteiger charge is 2.35. The van der Waals surface area contributed by atoms with Gasteiger partial charge >= 0.3 is 0 Å². The van der Waals surface area contributed by atoms with Gasteiger partial charge in [0.05, 0.1) is 21.9 Å².